The van der Waals surface area contributed by atoms with Crippen LogP contribution in [-0.4, -0.2) is 27.5 Å². The van der Waals surface area contributed by atoms with Gasteiger partial charge in [0.1, 0.15) is 5.00 Å². The highest BCUT2D eigenvalue weighted by molar-refractivity contribution is 7.10. The smallest absolute Gasteiger partial charge is 0.256 e. The summed E-state index contributed by atoms with van der Waals surface area (Å²) in [5.74, 6) is -0.146. The lowest BCUT2D eigenvalue weighted by atomic mass is 9.94. The Bertz CT molecular complexity index is 522. The van der Waals surface area contributed by atoms with Gasteiger partial charge < -0.3 is 15.8 Å². The molecule has 0 bridgehead atoms. The Labute approximate surface area is 124 Å². The molecule has 0 spiro atoms. The number of aryl methyl sites for hydroxylation is 1. The highest BCUT2D eigenvalue weighted by Gasteiger charge is 2.46. The van der Waals surface area contributed by atoms with Crippen molar-refractivity contribution in [3.05, 3.63) is 11.3 Å². The molecule has 112 valence electrons. The van der Waals surface area contributed by atoms with E-state index in [2.05, 4.69) is 9.69 Å². The topological polar surface area (TPSA) is 77.2 Å². The summed E-state index contributed by atoms with van der Waals surface area (Å²) < 4.78 is 10.2. The molecule has 1 fully saturated rings. The van der Waals surface area contributed by atoms with Gasteiger partial charge in [-0.25, -0.2) is 0 Å². The van der Waals surface area contributed by atoms with E-state index in [0.29, 0.717) is 17.0 Å². The van der Waals surface area contributed by atoms with E-state index in [4.69, 9.17) is 10.5 Å². The molecule has 1 aromatic heterocycles. The summed E-state index contributed by atoms with van der Waals surface area (Å²) in [7, 11) is 0. The number of nitrogens with zero attached hydrogens (tertiary/aromatic N) is 1. The first-order valence-corrected chi connectivity index (χ1v) is 7.68. The fraction of sp³-hybridized carbons (Fsp3) is 0.714. The number of nitrogen functional groups attached to an aromatic ring is 1. The Morgan fingerprint density at radius 3 is 2.65 bits per heavy atom. The van der Waals surface area contributed by atoms with Crippen LogP contribution < -0.4 is 11.1 Å². The maximum atomic E-state index is 12.5. The molecular formula is C14H23N3O2S. The summed E-state index contributed by atoms with van der Waals surface area (Å²) in [5, 5.41) is 3.55. The molecule has 5 nitrogen and oxygen atoms in total. The van der Waals surface area contributed by atoms with Gasteiger partial charge in [0.05, 0.1) is 28.5 Å². The monoisotopic (exact) mass is 297 g/mol. The molecule has 1 aliphatic heterocycles. The minimum atomic E-state index is -0.385. The quantitative estimate of drug-likeness (QED) is 0.898. The number of anilines is 1. The Balaban J connectivity index is 2.18. The highest BCUT2D eigenvalue weighted by atomic mass is 32.1. The number of ether oxygens (including phenoxy) is 1. The second kappa shape index (κ2) is 5.00. The van der Waals surface area contributed by atoms with Crippen LogP contribution in [0.1, 0.15) is 57.1 Å². The van der Waals surface area contributed by atoms with Crippen LogP contribution in [0.25, 0.3) is 0 Å². The van der Waals surface area contributed by atoms with Crippen LogP contribution >= 0.6 is 11.5 Å². The zero-order valence-corrected chi connectivity index (χ0v) is 13.6. The average molecular weight is 297 g/mol. The van der Waals surface area contributed by atoms with E-state index >= 15 is 0 Å². The number of hydrogen-bond donors (Lipinski definition) is 2. The van der Waals surface area contributed by atoms with Crippen LogP contribution in [0.3, 0.4) is 0 Å². The summed E-state index contributed by atoms with van der Waals surface area (Å²) in [5.41, 5.74) is 6.55. The molecule has 1 aromatic rings. The minimum absolute atomic E-state index is 0.0333. The molecule has 0 radical (unpaired) electrons. The van der Waals surface area contributed by atoms with Crippen molar-refractivity contribution in [1.29, 1.82) is 0 Å². The molecule has 1 unspecified atom stereocenters. The molecule has 1 atom stereocenters. The Morgan fingerprint density at radius 1 is 1.50 bits per heavy atom. The van der Waals surface area contributed by atoms with Gasteiger partial charge in [0.15, 0.2) is 0 Å². The van der Waals surface area contributed by atoms with Crippen molar-refractivity contribution >= 4 is 22.4 Å². The fourth-order valence-electron chi connectivity index (χ4n) is 2.84. The van der Waals surface area contributed by atoms with E-state index in [9.17, 15) is 4.79 Å². The number of nitrogens with two attached hydrogens (primary N) is 1. The summed E-state index contributed by atoms with van der Waals surface area (Å²) in [6, 6.07) is -0.0333. The molecule has 2 heterocycles. The molecule has 6 heteroatoms. The summed E-state index contributed by atoms with van der Waals surface area (Å²) in [6.07, 6.45) is 1.48. The first-order valence-electron chi connectivity index (χ1n) is 6.91. The van der Waals surface area contributed by atoms with E-state index in [1.54, 1.807) is 0 Å². The van der Waals surface area contributed by atoms with Crippen LogP contribution in [0.5, 0.6) is 0 Å². The van der Waals surface area contributed by atoms with Crippen LogP contribution in [-0.2, 0) is 11.2 Å². The second-order valence-electron chi connectivity index (χ2n) is 6.42. The van der Waals surface area contributed by atoms with E-state index in [0.717, 1.165) is 12.1 Å². The van der Waals surface area contributed by atoms with Gasteiger partial charge >= 0.3 is 0 Å². The largest absolute Gasteiger partial charge is 0.389 e. The summed E-state index contributed by atoms with van der Waals surface area (Å²) in [6.45, 7) is 10.1. The zero-order chi connectivity index (χ0) is 15.1. The van der Waals surface area contributed by atoms with Crippen molar-refractivity contribution in [3.8, 4) is 0 Å². The highest BCUT2D eigenvalue weighted by Crippen LogP contribution is 2.37. The fourth-order valence-corrected chi connectivity index (χ4v) is 3.57. The predicted octanol–water partition coefficient (Wildman–Crippen LogP) is 2.36. The number of rotatable bonds is 3. The number of nitrogens with one attached hydrogen (secondary N) is 1. The average Bonchev–Trinajstić information content (AvgIpc) is 2.76. The van der Waals surface area contributed by atoms with E-state index < -0.39 is 0 Å². The van der Waals surface area contributed by atoms with Crippen molar-refractivity contribution in [3.63, 3.8) is 0 Å². The first-order chi connectivity index (χ1) is 9.16. The van der Waals surface area contributed by atoms with Gasteiger partial charge in [-0.05, 0) is 52.1 Å². The number of aromatic nitrogens is 1. The Hall–Kier alpha value is -1.14. The Morgan fingerprint density at radius 2 is 2.15 bits per heavy atom. The van der Waals surface area contributed by atoms with E-state index in [1.807, 2.05) is 34.6 Å². The van der Waals surface area contributed by atoms with Crippen molar-refractivity contribution in [2.45, 2.75) is 64.7 Å². The molecule has 0 aliphatic carbocycles. The molecule has 1 amide bonds. The first kappa shape index (κ1) is 15.3. The normalized spacial score (nSPS) is 23.8. The van der Waals surface area contributed by atoms with Gasteiger partial charge in [0.2, 0.25) is 0 Å². The van der Waals surface area contributed by atoms with Crippen molar-refractivity contribution in [2.75, 3.05) is 5.73 Å². The third kappa shape index (κ3) is 2.81. The Kier molecular flexibility index (Phi) is 3.81. The van der Waals surface area contributed by atoms with Gasteiger partial charge in [0.25, 0.3) is 5.91 Å². The second-order valence-corrected chi connectivity index (χ2v) is 7.22. The molecule has 20 heavy (non-hydrogen) atoms. The molecular weight excluding hydrogens is 274 g/mol. The van der Waals surface area contributed by atoms with Gasteiger partial charge in [-0.3, -0.25) is 4.79 Å². The van der Waals surface area contributed by atoms with Gasteiger partial charge in [0, 0.05) is 0 Å². The zero-order valence-electron chi connectivity index (χ0n) is 12.7. The SMILES string of the molecule is CCc1nsc(N)c1C(=O)NC1CC(C)(C)OC1(C)C. The van der Waals surface area contributed by atoms with E-state index in [-0.39, 0.29) is 23.2 Å². The number of carbonyl (C=O) groups excluding carboxylic acids is 1. The molecule has 1 saturated heterocycles. The van der Waals surface area contributed by atoms with Crippen molar-refractivity contribution in [1.82, 2.24) is 9.69 Å². The predicted molar refractivity (Wildman–Crippen MR) is 81.0 cm³/mol. The lowest BCUT2D eigenvalue weighted by Gasteiger charge is -2.27. The molecule has 2 rings (SSSR count). The van der Waals surface area contributed by atoms with Gasteiger partial charge in [-0.15, -0.1) is 0 Å². The lowest BCUT2D eigenvalue weighted by molar-refractivity contribution is -0.0693. The van der Waals surface area contributed by atoms with Gasteiger partial charge in [-0.2, -0.15) is 4.37 Å². The standard InChI is InChI=1S/C14H23N3O2S/c1-6-8-10(11(15)20-17-8)12(18)16-9-7-13(2,3)19-14(9,4)5/h9H,6-7,15H2,1-5H3,(H,16,18). The lowest BCUT2D eigenvalue weighted by Crippen LogP contribution is -2.46. The van der Waals surface area contributed by atoms with Crippen LogP contribution in [0, 0.1) is 0 Å². The van der Waals surface area contributed by atoms with Crippen LogP contribution in [0.15, 0.2) is 0 Å². The van der Waals surface area contributed by atoms with Crippen LogP contribution in [0.4, 0.5) is 5.00 Å². The van der Waals surface area contributed by atoms with Crippen molar-refractivity contribution < 1.29 is 9.53 Å². The molecule has 1 aliphatic rings. The molecule has 0 aromatic carbocycles. The van der Waals surface area contributed by atoms with Crippen LogP contribution in [0.2, 0.25) is 0 Å². The third-order valence-corrected chi connectivity index (χ3v) is 4.44. The third-order valence-electron chi connectivity index (χ3n) is 3.73. The summed E-state index contributed by atoms with van der Waals surface area (Å²) in [4.78, 5) is 12.5. The summed E-state index contributed by atoms with van der Waals surface area (Å²) >= 11 is 1.18. The van der Waals surface area contributed by atoms with Crippen molar-refractivity contribution in [2.24, 2.45) is 0 Å². The maximum Gasteiger partial charge on any atom is 0.256 e. The number of carbonyl (C=O) groups is 1. The van der Waals surface area contributed by atoms with E-state index in [1.165, 1.54) is 11.5 Å². The maximum absolute atomic E-state index is 12.5. The van der Waals surface area contributed by atoms with Gasteiger partial charge in [-0.1, -0.05) is 6.92 Å². The number of hydrogen-bond acceptors (Lipinski definition) is 5. The molecule has 3 N–H and O–H groups in total. The minimum Gasteiger partial charge on any atom is -0.389 e. The number of amides is 1. The molecule has 0 saturated carbocycles.